The van der Waals surface area contributed by atoms with Crippen molar-refractivity contribution in [1.29, 1.82) is 0 Å². The van der Waals surface area contributed by atoms with Gasteiger partial charge in [-0.2, -0.15) is 0 Å². The average Bonchev–Trinajstić information content (AvgIpc) is 2.81. The van der Waals surface area contributed by atoms with E-state index in [1.165, 1.54) is 36.4 Å². The SMILES string of the molecule is [O]=[Sb]([O-])([F])[O]c1ccccc1.[O]=[Sb]([O-])([F])[O]c1ccccc1.[O]=[Sb]([O-])([F])[O]c1ccccc1.[O]=[Sb]([O-])([O-])[F].[O]=[Sb]([O-])([O-])[F].[O]=[Sb]([O-])([O-])[F]. The molecule has 0 radical (unpaired) electrons. The Kier molecular flexibility index (Phi) is 27.3. The fourth-order valence-corrected chi connectivity index (χ4v) is 5.02. The Labute approximate surface area is 299 Å². The van der Waals surface area contributed by atoms with Gasteiger partial charge in [0.15, 0.2) is 0 Å². The van der Waals surface area contributed by atoms with Crippen LogP contribution >= 0.6 is 0 Å². The van der Waals surface area contributed by atoms with Crippen molar-refractivity contribution < 1.29 is 74.5 Å². The maximum absolute atomic E-state index is 11.9. The summed E-state index contributed by atoms with van der Waals surface area (Å²) in [6.07, 6.45) is 0. The Hall–Kier alpha value is -0.0109. The molecule has 0 bridgehead atoms. The number of hydrogen-bond donors (Lipinski definition) is 0. The third-order valence-corrected chi connectivity index (χ3v) is 6.55. The van der Waals surface area contributed by atoms with Crippen molar-refractivity contribution in [3.8, 4) is 17.2 Å². The maximum atomic E-state index is 11.9. The summed E-state index contributed by atoms with van der Waals surface area (Å²) in [5.74, 6) is 0.0583. The van der Waals surface area contributed by atoms with Crippen molar-refractivity contribution >= 4 is 121 Å². The third kappa shape index (κ3) is 61.2. The molecule has 0 aromatic heterocycles. The van der Waals surface area contributed by atoms with E-state index in [0.29, 0.717) is 0 Å². The van der Waals surface area contributed by atoms with Crippen LogP contribution < -0.4 is 39.5 Å². The molecule has 0 aliphatic carbocycles. The van der Waals surface area contributed by atoms with Gasteiger partial charge in [0.2, 0.25) is 0 Å². The van der Waals surface area contributed by atoms with Crippen LogP contribution in [0.25, 0.3) is 0 Å². The van der Waals surface area contributed by atoms with Gasteiger partial charge in [-0.25, -0.2) is 0 Å². The molecule has 30 heteroatoms. The number of hydrogen-bond acceptors (Lipinski definition) is 18. The van der Waals surface area contributed by atoms with Gasteiger partial charge in [0.1, 0.15) is 0 Å². The van der Waals surface area contributed by atoms with E-state index in [1.807, 2.05) is 0 Å². The molecule has 0 saturated heterocycles. The van der Waals surface area contributed by atoms with E-state index >= 15 is 0 Å². The van der Waals surface area contributed by atoms with Crippen LogP contribution in [0, 0.1) is 0 Å². The van der Waals surface area contributed by atoms with E-state index in [-0.39, 0.29) is 17.2 Å². The van der Waals surface area contributed by atoms with Gasteiger partial charge >= 0.3 is 304 Å². The molecule has 0 fully saturated rings. The number of halogens is 6. The van der Waals surface area contributed by atoms with Crippen LogP contribution in [-0.2, 0) is 18.1 Å². The predicted octanol–water partition coefficient (Wildman–Crippen LogP) is -6.59. The van der Waals surface area contributed by atoms with Crippen molar-refractivity contribution in [2.45, 2.75) is 0 Å². The number of benzene rings is 3. The first-order valence-electron chi connectivity index (χ1n) is 10.6. The zero-order valence-corrected chi connectivity index (χ0v) is 37.8. The molecule has 0 amide bonds. The monoisotopic (exact) mass is 1360 g/mol. The minimum atomic E-state index is -6.35. The fourth-order valence-electron chi connectivity index (χ4n) is 1.82. The summed E-state index contributed by atoms with van der Waals surface area (Å²) in [6.45, 7) is 0. The van der Waals surface area contributed by atoms with Crippen LogP contribution in [0.5, 0.6) is 17.2 Å². The Morgan fingerprint density at radius 1 is 0.333 bits per heavy atom. The average molecular weight is 1360 g/mol. The predicted molar refractivity (Wildman–Crippen MR) is 127 cm³/mol. The molecule has 0 aliphatic heterocycles. The second kappa shape index (κ2) is 25.0. The first-order chi connectivity index (χ1) is 21.2. The normalized spacial score (nSPS) is 14.3. The molecule has 0 saturated carbocycles. The molecule has 0 N–H and O–H groups in total. The zero-order valence-electron chi connectivity index (χ0n) is 22.5. The van der Waals surface area contributed by atoms with Gasteiger partial charge in [-0.15, -0.1) is 0 Å². The van der Waals surface area contributed by atoms with Crippen LogP contribution in [0.4, 0.5) is 16.9 Å². The van der Waals surface area contributed by atoms with Crippen LogP contribution in [-0.4, -0.2) is 121 Å². The van der Waals surface area contributed by atoms with Gasteiger partial charge in [-0.3, -0.25) is 0 Å². The topological polar surface area (TPSA) is 338 Å². The molecule has 0 aliphatic rings. The van der Waals surface area contributed by atoms with Crippen molar-refractivity contribution in [3.63, 3.8) is 0 Å². The molecular weight excluding hydrogens is 1350 g/mol. The van der Waals surface area contributed by atoms with E-state index in [4.69, 9.17) is 29.4 Å². The summed E-state index contributed by atoms with van der Waals surface area (Å²) < 4.78 is 215. The summed E-state index contributed by atoms with van der Waals surface area (Å²) in [7, 11) is 0. The molecule has 0 spiro atoms. The Bertz CT molecular complexity index is 1360. The Balaban J connectivity index is -0.000000527. The third-order valence-electron chi connectivity index (χ3n) is 2.87. The summed E-state index contributed by atoms with van der Waals surface area (Å²) in [5.41, 5.74) is 0. The van der Waals surface area contributed by atoms with E-state index in [9.17, 15) is 36.1 Å². The summed E-state index contributed by atoms with van der Waals surface area (Å²) in [6, 6.07) is 22.6. The van der Waals surface area contributed by atoms with Crippen LogP contribution in [0.2, 0.25) is 0 Å². The van der Waals surface area contributed by atoms with Gasteiger partial charge in [0.05, 0.1) is 0 Å². The van der Waals surface area contributed by atoms with E-state index in [1.54, 1.807) is 54.6 Å². The summed E-state index contributed by atoms with van der Waals surface area (Å²) in [4.78, 5) is 0. The van der Waals surface area contributed by atoms with Crippen molar-refractivity contribution in [1.82, 2.24) is 0 Å². The van der Waals surface area contributed by atoms with Crippen molar-refractivity contribution in [2.75, 3.05) is 0 Å². The minimum absolute atomic E-state index is 0.0194. The van der Waals surface area contributed by atoms with E-state index in [0.717, 1.165) is 0 Å². The van der Waals surface area contributed by atoms with Gasteiger partial charge in [0.25, 0.3) is 0 Å². The molecule has 276 valence electrons. The molecule has 0 heterocycles. The van der Waals surface area contributed by atoms with Crippen molar-refractivity contribution in [2.24, 2.45) is 0 Å². The first kappa shape index (κ1) is 52.4. The first-order valence-corrected chi connectivity index (χ1v) is 35.2. The van der Waals surface area contributed by atoms with Crippen LogP contribution in [0.1, 0.15) is 0 Å². The van der Waals surface area contributed by atoms with Gasteiger partial charge in [-0.05, 0) is 0 Å². The molecular formula is C18H15F6O18Sb6-9. The van der Waals surface area contributed by atoms with Crippen LogP contribution in [0.15, 0.2) is 91.0 Å². The molecule has 3 unspecified atom stereocenters. The molecule has 3 rings (SSSR count). The molecule has 3 atom stereocenters. The van der Waals surface area contributed by atoms with Crippen molar-refractivity contribution in [3.05, 3.63) is 91.0 Å². The van der Waals surface area contributed by atoms with Gasteiger partial charge in [0, 0.05) is 0 Å². The van der Waals surface area contributed by atoms with Crippen LogP contribution in [0.3, 0.4) is 0 Å². The van der Waals surface area contributed by atoms with E-state index < -0.39 is 121 Å². The number of para-hydroxylation sites is 3. The molecule has 18 nitrogen and oxygen atoms in total. The second-order valence-electron chi connectivity index (χ2n) is 6.80. The van der Waals surface area contributed by atoms with E-state index in [2.05, 4.69) is 9.05 Å². The second-order valence-corrected chi connectivity index (χ2v) is 23.1. The molecule has 48 heavy (non-hydrogen) atoms. The fraction of sp³-hybridized carbons (Fsp3) is 0. The van der Waals surface area contributed by atoms with Gasteiger partial charge in [-0.1, -0.05) is 0 Å². The summed E-state index contributed by atoms with van der Waals surface area (Å²) >= 11 is -37.0. The summed E-state index contributed by atoms with van der Waals surface area (Å²) in [5, 5.41) is 0. The standard InChI is InChI=1S/3C6H6O.6FH.15O.6Sb/c3*7-6-4-2-1-3-5-6;;;;;;;;;;;;;;;;;;;;;;;;;;;/h3*1-5,7H;6*1H;;;;;;;;;;;;;;;;;;;;;/q;;;;;;;;;;;;;;;9*-1;3*+1;3*+2/p-9. The Morgan fingerprint density at radius 2 is 0.458 bits per heavy atom. The zero-order chi connectivity index (χ0) is 38.5. The molecule has 3 aromatic rings. The quantitative estimate of drug-likeness (QED) is 0.164. The molecule has 3 aromatic carbocycles. The Morgan fingerprint density at radius 3 is 0.562 bits per heavy atom. The van der Waals surface area contributed by atoms with Gasteiger partial charge < -0.3 is 0 Å². The number of rotatable bonds is 6.